The third-order valence-corrected chi connectivity index (χ3v) is 7.55. The Morgan fingerprint density at radius 1 is 1.09 bits per heavy atom. The highest BCUT2D eigenvalue weighted by Gasteiger charge is 2.32. The fourth-order valence-corrected chi connectivity index (χ4v) is 5.18. The van der Waals surface area contributed by atoms with Crippen LogP contribution in [-0.2, 0) is 4.79 Å². The number of carbonyl (C=O) groups excluding carboxylic acids is 1. The minimum absolute atomic E-state index is 0.0148. The third kappa shape index (κ3) is 4.66. The zero-order valence-electron chi connectivity index (χ0n) is 19.3. The molecular formula is C26H26BrN3O2S. The highest BCUT2D eigenvalue weighted by Crippen LogP contribution is 2.35. The van der Waals surface area contributed by atoms with Crippen molar-refractivity contribution in [2.75, 3.05) is 13.7 Å². The molecule has 1 aromatic heterocycles. The van der Waals surface area contributed by atoms with Crippen LogP contribution in [0.4, 0.5) is 5.69 Å². The Morgan fingerprint density at radius 3 is 2.45 bits per heavy atom. The van der Waals surface area contributed by atoms with Gasteiger partial charge in [0.2, 0.25) is 0 Å². The van der Waals surface area contributed by atoms with E-state index in [2.05, 4.69) is 65.5 Å². The molecule has 1 fully saturated rings. The molecular weight excluding hydrogens is 498 g/mol. The van der Waals surface area contributed by atoms with E-state index in [1.54, 1.807) is 12.0 Å². The second kappa shape index (κ2) is 9.61. The number of nitrogens with zero attached hydrogens (tertiary/aromatic N) is 3. The first-order valence-electron chi connectivity index (χ1n) is 10.7. The lowest BCUT2D eigenvalue weighted by molar-refractivity contribution is -0.122. The minimum Gasteiger partial charge on any atom is -0.497 e. The topological polar surface area (TPSA) is 46.8 Å². The van der Waals surface area contributed by atoms with E-state index in [9.17, 15) is 4.79 Å². The average molecular weight is 524 g/mol. The highest BCUT2D eigenvalue weighted by molar-refractivity contribution is 9.10. The monoisotopic (exact) mass is 523 g/mol. The molecule has 0 radical (unpaired) electrons. The normalized spacial score (nSPS) is 16.3. The Hall–Kier alpha value is -2.77. The van der Waals surface area contributed by atoms with Crippen molar-refractivity contribution in [2.24, 2.45) is 4.99 Å². The van der Waals surface area contributed by atoms with E-state index in [-0.39, 0.29) is 5.91 Å². The van der Waals surface area contributed by atoms with Gasteiger partial charge in [0.15, 0.2) is 5.17 Å². The van der Waals surface area contributed by atoms with Crippen molar-refractivity contribution in [1.82, 2.24) is 9.47 Å². The molecule has 33 heavy (non-hydrogen) atoms. The van der Waals surface area contributed by atoms with E-state index < -0.39 is 0 Å². The van der Waals surface area contributed by atoms with Gasteiger partial charge in [-0.2, -0.15) is 0 Å². The number of ether oxygens (including phenoxy) is 1. The van der Waals surface area contributed by atoms with Crippen LogP contribution in [-0.4, -0.2) is 34.2 Å². The van der Waals surface area contributed by atoms with Crippen molar-refractivity contribution in [1.29, 1.82) is 0 Å². The zero-order chi connectivity index (χ0) is 23.7. The fraction of sp³-hybridized carbons (Fsp3) is 0.231. The molecule has 0 aliphatic carbocycles. The molecule has 0 N–H and O–H groups in total. The van der Waals surface area contributed by atoms with Crippen LogP contribution in [0.5, 0.6) is 5.75 Å². The lowest BCUT2D eigenvalue weighted by Gasteiger charge is -2.12. The lowest BCUT2D eigenvalue weighted by atomic mass is 10.2. The first-order valence-corrected chi connectivity index (χ1v) is 12.3. The Labute approximate surface area is 207 Å². The van der Waals surface area contributed by atoms with Crippen molar-refractivity contribution < 1.29 is 9.53 Å². The summed E-state index contributed by atoms with van der Waals surface area (Å²) >= 11 is 4.99. The molecule has 1 saturated heterocycles. The van der Waals surface area contributed by atoms with E-state index in [0.717, 1.165) is 38.5 Å². The first-order chi connectivity index (χ1) is 15.8. The van der Waals surface area contributed by atoms with Crippen molar-refractivity contribution in [2.45, 2.75) is 27.7 Å². The van der Waals surface area contributed by atoms with Crippen molar-refractivity contribution in [3.05, 3.63) is 80.4 Å². The van der Waals surface area contributed by atoms with E-state index >= 15 is 0 Å². The van der Waals surface area contributed by atoms with Gasteiger partial charge in [-0.15, -0.1) is 0 Å². The molecule has 1 aliphatic heterocycles. The Bertz CT molecular complexity index is 1280. The first kappa shape index (κ1) is 23.4. The van der Waals surface area contributed by atoms with Crippen LogP contribution >= 0.6 is 27.7 Å². The summed E-state index contributed by atoms with van der Waals surface area (Å²) in [7, 11) is 1.64. The second-order valence-electron chi connectivity index (χ2n) is 7.85. The third-order valence-electron chi connectivity index (χ3n) is 5.66. The maximum Gasteiger partial charge on any atom is 0.266 e. The van der Waals surface area contributed by atoms with E-state index in [1.165, 1.54) is 17.3 Å². The highest BCUT2D eigenvalue weighted by atomic mass is 79.9. The summed E-state index contributed by atoms with van der Waals surface area (Å²) in [6.45, 7) is 8.79. The van der Waals surface area contributed by atoms with Crippen LogP contribution in [0.3, 0.4) is 0 Å². The molecule has 0 bridgehead atoms. The second-order valence-corrected chi connectivity index (χ2v) is 9.71. The molecule has 2 heterocycles. The number of benzene rings is 2. The maximum absolute atomic E-state index is 13.1. The van der Waals surface area contributed by atoms with Gasteiger partial charge in [0.25, 0.3) is 5.91 Å². The number of amides is 1. The van der Waals surface area contributed by atoms with Crippen molar-refractivity contribution in [3.63, 3.8) is 0 Å². The Balaban J connectivity index is 1.68. The van der Waals surface area contributed by atoms with Gasteiger partial charge >= 0.3 is 0 Å². The summed E-state index contributed by atoms with van der Waals surface area (Å²) < 4.78 is 8.53. The molecule has 1 aliphatic rings. The molecule has 4 rings (SSSR count). The lowest BCUT2D eigenvalue weighted by Crippen LogP contribution is -2.28. The zero-order valence-corrected chi connectivity index (χ0v) is 21.8. The number of amidine groups is 1. The quantitative estimate of drug-likeness (QED) is 0.345. The largest absolute Gasteiger partial charge is 0.497 e. The molecule has 2 aromatic carbocycles. The number of rotatable bonds is 5. The van der Waals surface area contributed by atoms with Crippen LogP contribution in [0.1, 0.15) is 29.4 Å². The van der Waals surface area contributed by atoms with Crippen molar-refractivity contribution >= 4 is 50.5 Å². The van der Waals surface area contributed by atoms with Gasteiger partial charge in [-0.1, -0.05) is 15.9 Å². The summed E-state index contributed by atoms with van der Waals surface area (Å²) in [4.78, 5) is 20.2. The van der Waals surface area contributed by atoms with Crippen LogP contribution in [0.15, 0.2) is 62.9 Å². The number of thioether (sulfide) groups is 1. The van der Waals surface area contributed by atoms with E-state index in [4.69, 9.17) is 9.73 Å². The standard InChI is InChI=1S/C26H26BrN3O2S/c1-6-29-25(31)24(33-26(29)28-20-7-10-22(32-5)11-8-20)15-19-14-17(3)30(18(19)4)21-9-12-23(27)16(2)13-21/h7-15H,6H2,1-5H3/b24-15+,28-26?. The summed E-state index contributed by atoms with van der Waals surface area (Å²) in [5.41, 5.74) is 6.33. The molecule has 0 spiro atoms. The molecule has 0 unspecified atom stereocenters. The summed E-state index contributed by atoms with van der Waals surface area (Å²) in [5.74, 6) is 0.761. The number of aliphatic imine (C=N–C) groups is 1. The van der Waals surface area contributed by atoms with Gasteiger partial charge in [0.1, 0.15) is 5.75 Å². The molecule has 0 saturated carbocycles. The fourth-order valence-electron chi connectivity index (χ4n) is 3.88. The molecule has 0 atom stereocenters. The number of methoxy groups -OCH3 is 1. The number of hydrogen-bond acceptors (Lipinski definition) is 4. The number of carbonyl (C=O) groups is 1. The average Bonchev–Trinajstić information content (AvgIpc) is 3.25. The van der Waals surface area contributed by atoms with Crippen LogP contribution in [0.2, 0.25) is 0 Å². The van der Waals surface area contributed by atoms with Crippen LogP contribution in [0.25, 0.3) is 11.8 Å². The number of aryl methyl sites for hydroxylation is 2. The Kier molecular flexibility index (Phi) is 6.81. The maximum atomic E-state index is 13.1. The molecule has 3 aromatic rings. The van der Waals surface area contributed by atoms with Gasteiger partial charge < -0.3 is 9.30 Å². The number of halogens is 1. The summed E-state index contributed by atoms with van der Waals surface area (Å²) in [6, 6.07) is 16.0. The SMILES string of the molecule is CCN1C(=O)/C(=C\c2cc(C)n(-c3ccc(Br)c(C)c3)c2C)SC1=Nc1ccc(OC)cc1. The molecule has 7 heteroatoms. The smallest absolute Gasteiger partial charge is 0.266 e. The predicted molar refractivity (Wildman–Crippen MR) is 141 cm³/mol. The molecule has 5 nitrogen and oxygen atoms in total. The van der Waals surface area contributed by atoms with Gasteiger partial charge in [-0.05, 0) is 105 Å². The van der Waals surface area contributed by atoms with E-state index in [1.807, 2.05) is 37.3 Å². The number of hydrogen-bond donors (Lipinski definition) is 0. The minimum atomic E-state index is -0.0148. The van der Waals surface area contributed by atoms with Crippen molar-refractivity contribution in [3.8, 4) is 11.4 Å². The Morgan fingerprint density at radius 2 is 1.82 bits per heavy atom. The molecule has 1 amide bonds. The predicted octanol–water partition coefficient (Wildman–Crippen LogP) is 6.80. The van der Waals surface area contributed by atoms with Gasteiger partial charge in [0, 0.05) is 28.1 Å². The van der Waals surface area contributed by atoms with Crippen LogP contribution in [0, 0.1) is 20.8 Å². The van der Waals surface area contributed by atoms with Gasteiger partial charge in [-0.3, -0.25) is 9.69 Å². The summed E-state index contributed by atoms with van der Waals surface area (Å²) in [5, 5.41) is 0.691. The molecule has 170 valence electrons. The number of likely N-dealkylation sites (N-methyl/N-ethyl adjacent to an activating group) is 1. The number of aromatic nitrogens is 1. The van der Waals surface area contributed by atoms with Crippen LogP contribution < -0.4 is 4.74 Å². The summed E-state index contributed by atoms with van der Waals surface area (Å²) in [6.07, 6.45) is 1.98. The van der Waals surface area contributed by atoms with Gasteiger partial charge in [-0.25, -0.2) is 4.99 Å². The van der Waals surface area contributed by atoms with E-state index in [0.29, 0.717) is 16.6 Å². The van der Waals surface area contributed by atoms with Gasteiger partial charge in [0.05, 0.1) is 17.7 Å².